The van der Waals surface area contributed by atoms with Crippen LogP contribution < -0.4 is 4.90 Å². The molecular formula is C15H14Cl2N4O. The summed E-state index contributed by atoms with van der Waals surface area (Å²) in [6.45, 7) is 3.73. The number of piperazine rings is 1. The molecule has 1 saturated heterocycles. The van der Waals surface area contributed by atoms with Crippen molar-refractivity contribution in [3.63, 3.8) is 0 Å². The minimum absolute atomic E-state index is 0.226. The van der Waals surface area contributed by atoms with Crippen molar-refractivity contribution in [2.75, 3.05) is 38.1 Å². The largest absolute Gasteiger partial charge is 0.450 e. The lowest BCUT2D eigenvalue weighted by Crippen LogP contribution is -2.44. The Balaban J connectivity index is 1.92. The molecule has 2 aromatic heterocycles. The zero-order valence-corrected chi connectivity index (χ0v) is 13.5. The van der Waals surface area contributed by atoms with Gasteiger partial charge in [0.2, 0.25) is 5.28 Å². The monoisotopic (exact) mass is 336 g/mol. The number of rotatable bonds is 1. The number of halogens is 2. The summed E-state index contributed by atoms with van der Waals surface area (Å²) >= 11 is 12.2. The van der Waals surface area contributed by atoms with E-state index in [1.54, 1.807) is 6.07 Å². The fourth-order valence-corrected chi connectivity index (χ4v) is 3.14. The highest BCUT2D eigenvalue weighted by Crippen LogP contribution is 2.35. The summed E-state index contributed by atoms with van der Waals surface area (Å²) < 4.78 is 5.98. The van der Waals surface area contributed by atoms with E-state index in [9.17, 15) is 0 Å². The Bertz CT molecular complexity index is 855. The average Bonchev–Trinajstić information content (AvgIpc) is 2.85. The molecule has 3 aromatic rings. The number of likely N-dealkylation sites (N-methyl/N-ethyl adjacent to an activating group) is 1. The van der Waals surface area contributed by atoms with Crippen LogP contribution in [-0.4, -0.2) is 48.1 Å². The van der Waals surface area contributed by atoms with Crippen LogP contribution in [0.1, 0.15) is 0 Å². The fourth-order valence-electron chi connectivity index (χ4n) is 2.81. The highest BCUT2D eigenvalue weighted by molar-refractivity contribution is 6.32. The second kappa shape index (κ2) is 5.26. The van der Waals surface area contributed by atoms with Crippen molar-refractivity contribution in [3.05, 3.63) is 28.5 Å². The molecule has 5 nitrogen and oxygen atoms in total. The summed E-state index contributed by atoms with van der Waals surface area (Å²) in [6.07, 6.45) is 0. The first-order valence-corrected chi connectivity index (χ1v) is 7.86. The molecule has 0 N–H and O–H groups in total. The van der Waals surface area contributed by atoms with E-state index in [1.807, 2.05) is 12.1 Å². The van der Waals surface area contributed by atoms with Crippen LogP contribution in [0.3, 0.4) is 0 Å². The van der Waals surface area contributed by atoms with Crippen LogP contribution in [0, 0.1) is 0 Å². The van der Waals surface area contributed by atoms with Crippen LogP contribution in [0.15, 0.2) is 22.6 Å². The van der Waals surface area contributed by atoms with Gasteiger partial charge in [0.1, 0.15) is 11.1 Å². The van der Waals surface area contributed by atoms with Gasteiger partial charge in [-0.25, -0.2) is 4.98 Å². The highest BCUT2D eigenvalue weighted by Gasteiger charge is 2.22. The second-order valence-electron chi connectivity index (χ2n) is 5.53. The molecule has 0 radical (unpaired) electrons. The Hall–Kier alpha value is -1.56. The van der Waals surface area contributed by atoms with Crippen LogP contribution in [0.25, 0.3) is 22.1 Å². The minimum atomic E-state index is 0.226. The topological polar surface area (TPSA) is 45.4 Å². The molecule has 0 bridgehead atoms. The van der Waals surface area contributed by atoms with E-state index in [4.69, 9.17) is 27.6 Å². The van der Waals surface area contributed by atoms with Gasteiger partial charge in [0.15, 0.2) is 11.4 Å². The Morgan fingerprint density at radius 1 is 1.09 bits per heavy atom. The number of hydrogen-bond acceptors (Lipinski definition) is 5. The van der Waals surface area contributed by atoms with Crippen molar-refractivity contribution in [1.29, 1.82) is 0 Å². The molecule has 0 spiro atoms. The number of furan rings is 1. The zero-order chi connectivity index (χ0) is 15.3. The van der Waals surface area contributed by atoms with Crippen molar-refractivity contribution < 1.29 is 4.42 Å². The molecule has 1 aliphatic rings. The first-order chi connectivity index (χ1) is 10.6. The number of anilines is 1. The van der Waals surface area contributed by atoms with Gasteiger partial charge in [-0.05, 0) is 36.8 Å². The smallest absolute Gasteiger partial charge is 0.225 e. The van der Waals surface area contributed by atoms with Gasteiger partial charge < -0.3 is 14.2 Å². The van der Waals surface area contributed by atoms with Crippen molar-refractivity contribution in [1.82, 2.24) is 14.9 Å². The van der Waals surface area contributed by atoms with Gasteiger partial charge in [-0.15, -0.1) is 0 Å². The van der Waals surface area contributed by atoms with Crippen LogP contribution in [0.4, 0.5) is 5.82 Å². The molecule has 7 heteroatoms. The van der Waals surface area contributed by atoms with Crippen molar-refractivity contribution >= 4 is 51.1 Å². The number of nitrogens with zero attached hydrogens (tertiary/aromatic N) is 4. The third kappa shape index (κ3) is 2.29. The Morgan fingerprint density at radius 3 is 2.64 bits per heavy atom. The summed E-state index contributed by atoms with van der Waals surface area (Å²) in [4.78, 5) is 13.2. The van der Waals surface area contributed by atoms with Crippen LogP contribution in [0.2, 0.25) is 10.3 Å². The third-order valence-corrected chi connectivity index (χ3v) is 4.44. The van der Waals surface area contributed by atoms with E-state index in [-0.39, 0.29) is 5.28 Å². The van der Waals surface area contributed by atoms with E-state index in [0.29, 0.717) is 16.1 Å². The molecule has 0 amide bonds. The molecule has 1 fully saturated rings. The summed E-state index contributed by atoms with van der Waals surface area (Å²) in [5.41, 5.74) is 2.13. The van der Waals surface area contributed by atoms with Crippen LogP contribution in [0.5, 0.6) is 0 Å². The summed E-state index contributed by atoms with van der Waals surface area (Å²) in [5.74, 6) is 0.760. The molecule has 3 heterocycles. The lowest BCUT2D eigenvalue weighted by atomic mass is 10.2. The Labute approximate surface area is 137 Å². The lowest BCUT2D eigenvalue weighted by Gasteiger charge is -2.33. The highest BCUT2D eigenvalue weighted by atomic mass is 35.5. The standard InChI is InChI=1S/C15H14Cl2N4O/c1-20-4-6-21(7-5-20)14-13-12(18-15(17)19-14)10-8-9(16)2-3-11(10)22-13/h2-3,8H,4-7H2,1H3. The van der Waals surface area contributed by atoms with E-state index in [1.165, 1.54) is 0 Å². The molecule has 0 aliphatic carbocycles. The number of benzene rings is 1. The molecule has 1 aromatic carbocycles. The van der Waals surface area contributed by atoms with Gasteiger partial charge in [-0.1, -0.05) is 11.6 Å². The predicted molar refractivity (Wildman–Crippen MR) is 89.0 cm³/mol. The first kappa shape index (κ1) is 14.1. The summed E-state index contributed by atoms with van der Waals surface area (Å²) in [6, 6.07) is 5.50. The molecule has 22 heavy (non-hydrogen) atoms. The maximum Gasteiger partial charge on any atom is 0.225 e. The van der Waals surface area contributed by atoms with Crippen molar-refractivity contribution in [2.45, 2.75) is 0 Å². The maximum absolute atomic E-state index is 6.13. The lowest BCUT2D eigenvalue weighted by molar-refractivity contribution is 0.312. The number of aromatic nitrogens is 2. The molecular weight excluding hydrogens is 323 g/mol. The minimum Gasteiger partial charge on any atom is -0.450 e. The normalized spacial score (nSPS) is 16.8. The predicted octanol–water partition coefficient (Wildman–Crippen LogP) is 3.43. The third-order valence-electron chi connectivity index (χ3n) is 4.03. The number of fused-ring (bicyclic) bond motifs is 3. The summed E-state index contributed by atoms with van der Waals surface area (Å²) in [7, 11) is 2.11. The molecule has 0 unspecified atom stereocenters. The van der Waals surface area contributed by atoms with E-state index < -0.39 is 0 Å². The molecule has 114 valence electrons. The number of hydrogen-bond donors (Lipinski definition) is 0. The Kier molecular flexibility index (Phi) is 3.36. The quantitative estimate of drug-likeness (QED) is 0.637. The van der Waals surface area contributed by atoms with Gasteiger partial charge in [0.05, 0.1) is 0 Å². The average molecular weight is 337 g/mol. The molecule has 1 aliphatic heterocycles. The fraction of sp³-hybridized carbons (Fsp3) is 0.333. The molecule has 0 saturated carbocycles. The maximum atomic E-state index is 6.13. The SMILES string of the molecule is CN1CCN(c2nc(Cl)nc3c2oc2ccc(Cl)cc23)CC1. The van der Waals surface area contributed by atoms with Gasteiger partial charge in [-0.3, -0.25) is 0 Å². The van der Waals surface area contributed by atoms with E-state index in [2.05, 4.69) is 26.8 Å². The molecule has 0 atom stereocenters. The van der Waals surface area contributed by atoms with Crippen LogP contribution in [-0.2, 0) is 0 Å². The van der Waals surface area contributed by atoms with Gasteiger partial charge >= 0.3 is 0 Å². The Morgan fingerprint density at radius 2 is 1.86 bits per heavy atom. The molecule has 4 rings (SSSR count). The van der Waals surface area contributed by atoms with Crippen LogP contribution >= 0.6 is 23.2 Å². The van der Waals surface area contributed by atoms with Crippen molar-refractivity contribution in [3.8, 4) is 0 Å². The van der Waals surface area contributed by atoms with Gasteiger partial charge in [0.25, 0.3) is 0 Å². The van der Waals surface area contributed by atoms with Gasteiger partial charge in [-0.2, -0.15) is 4.98 Å². The first-order valence-electron chi connectivity index (χ1n) is 7.10. The summed E-state index contributed by atoms with van der Waals surface area (Å²) in [5, 5.41) is 1.73. The van der Waals surface area contributed by atoms with E-state index in [0.717, 1.165) is 43.0 Å². The zero-order valence-electron chi connectivity index (χ0n) is 12.0. The van der Waals surface area contributed by atoms with Gasteiger partial charge in [0, 0.05) is 36.6 Å². The second-order valence-corrected chi connectivity index (χ2v) is 6.30. The van der Waals surface area contributed by atoms with E-state index >= 15 is 0 Å². The van der Waals surface area contributed by atoms with Crippen molar-refractivity contribution in [2.24, 2.45) is 0 Å².